The van der Waals surface area contributed by atoms with E-state index in [1.807, 2.05) is 0 Å². The highest BCUT2D eigenvalue weighted by Gasteiger charge is 2.29. The van der Waals surface area contributed by atoms with E-state index in [1.54, 1.807) is 6.92 Å². The van der Waals surface area contributed by atoms with Gasteiger partial charge < -0.3 is 0 Å². The first kappa shape index (κ1) is 12.5. The lowest BCUT2D eigenvalue weighted by atomic mass is 10.0. The van der Waals surface area contributed by atoms with Crippen molar-refractivity contribution >= 4 is 11.4 Å². The van der Waals surface area contributed by atoms with Crippen molar-refractivity contribution in [2.24, 2.45) is 0 Å². The lowest BCUT2D eigenvalue weighted by Crippen LogP contribution is -2.04. The first-order valence-corrected chi connectivity index (χ1v) is 4.67. The Labute approximate surface area is 91.6 Å². The summed E-state index contributed by atoms with van der Waals surface area (Å²) in [5.74, 6) is -0.127. The van der Waals surface area contributed by atoms with E-state index >= 15 is 0 Å². The Bertz CT molecular complexity index is 413. The Morgan fingerprint density at radius 3 is 2.00 bits per heavy atom. The average Bonchev–Trinajstić information content (AvgIpc) is 2.15. The van der Waals surface area contributed by atoms with Crippen molar-refractivity contribution in [3.05, 3.63) is 41.5 Å². The third-order valence-corrected chi connectivity index (χ3v) is 2.09. The fourth-order valence-electron chi connectivity index (χ4n) is 1.31. The van der Waals surface area contributed by atoms with Crippen LogP contribution in [0.3, 0.4) is 0 Å². The summed E-state index contributed by atoms with van der Waals surface area (Å²) in [5, 5.41) is 0. The van der Waals surface area contributed by atoms with Crippen LogP contribution >= 0.6 is 0 Å². The van der Waals surface area contributed by atoms with E-state index in [0.29, 0.717) is 11.1 Å². The topological polar surface area (TPSA) is 17.1 Å². The molecule has 0 aliphatic heterocycles. The molecule has 0 atom stereocenters. The van der Waals surface area contributed by atoms with E-state index < -0.39 is 11.7 Å². The Kier molecular flexibility index (Phi) is 3.52. The molecule has 0 aliphatic rings. The van der Waals surface area contributed by atoms with Crippen LogP contribution in [0.15, 0.2) is 30.3 Å². The number of ketones is 1. The number of alkyl halides is 3. The van der Waals surface area contributed by atoms with Gasteiger partial charge in [-0.15, -0.1) is 0 Å². The van der Waals surface area contributed by atoms with Gasteiger partial charge in [0, 0.05) is 0 Å². The predicted octanol–water partition coefficient (Wildman–Crippen LogP) is 3.70. The maximum atomic E-state index is 12.3. The van der Waals surface area contributed by atoms with Gasteiger partial charge in [-0.05, 0) is 43.2 Å². The highest BCUT2D eigenvalue weighted by atomic mass is 19.4. The zero-order chi connectivity index (χ0) is 12.3. The molecular weight excluding hydrogens is 217 g/mol. The van der Waals surface area contributed by atoms with Crippen LogP contribution in [0.2, 0.25) is 0 Å². The largest absolute Gasteiger partial charge is 0.416 e. The summed E-state index contributed by atoms with van der Waals surface area (Å²) in [7, 11) is 0. The fraction of sp³-hybridized carbons (Fsp3) is 0.250. The highest BCUT2D eigenvalue weighted by molar-refractivity contribution is 5.94. The zero-order valence-electron chi connectivity index (χ0n) is 8.93. The van der Waals surface area contributed by atoms with Gasteiger partial charge in [0.1, 0.15) is 0 Å². The second kappa shape index (κ2) is 4.51. The Balaban J connectivity index is 3.00. The summed E-state index contributed by atoms with van der Waals surface area (Å²) < 4.78 is 36.8. The minimum Gasteiger partial charge on any atom is -0.295 e. The molecule has 0 N–H and O–H groups in total. The van der Waals surface area contributed by atoms with Gasteiger partial charge in [0.15, 0.2) is 5.78 Å². The number of rotatable bonds is 2. The minimum atomic E-state index is -4.32. The average molecular weight is 228 g/mol. The molecule has 0 heterocycles. The quantitative estimate of drug-likeness (QED) is 0.705. The molecule has 0 bridgehead atoms. The van der Waals surface area contributed by atoms with Gasteiger partial charge in [0.25, 0.3) is 0 Å². The first-order chi connectivity index (χ1) is 7.30. The van der Waals surface area contributed by atoms with Crippen molar-refractivity contribution in [3.8, 4) is 0 Å². The number of allylic oxidation sites excluding steroid dienone is 2. The van der Waals surface area contributed by atoms with E-state index in [2.05, 4.69) is 0 Å². The number of carbonyl (C=O) groups is 1. The molecule has 0 aromatic heterocycles. The summed E-state index contributed by atoms with van der Waals surface area (Å²) in [6.07, 6.45) is -2.93. The zero-order valence-corrected chi connectivity index (χ0v) is 8.93. The van der Waals surface area contributed by atoms with Gasteiger partial charge in [-0.25, -0.2) is 0 Å². The molecule has 4 heteroatoms. The number of benzene rings is 1. The molecule has 16 heavy (non-hydrogen) atoms. The molecule has 1 nitrogen and oxygen atoms in total. The summed E-state index contributed by atoms with van der Waals surface area (Å²) in [5.41, 5.74) is 0.580. The van der Waals surface area contributed by atoms with Crippen molar-refractivity contribution < 1.29 is 18.0 Å². The van der Waals surface area contributed by atoms with E-state index in [0.717, 1.165) is 12.1 Å². The van der Waals surface area contributed by atoms with Gasteiger partial charge >= 0.3 is 6.18 Å². The first-order valence-electron chi connectivity index (χ1n) is 4.67. The third kappa shape index (κ3) is 3.22. The lowest BCUT2D eigenvalue weighted by Gasteiger charge is -2.07. The number of halogens is 3. The number of hydrogen-bond acceptors (Lipinski definition) is 1. The van der Waals surface area contributed by atoms with Crippen LogP contribution in [0.4, 0.5) is 13.2 Å². The second-order valence-corrected chi connectivity index (χ2v) is 3.51. The molecule has 1 aromatic carbocycles. The van der Waals surface area contributed by atoms with Crippen molar-refractivity contribution in [3.63, 3.8) is 0 Å². The standard InChI is InChI=1S/C12H11F3O/c1-8(7-9(2)16)10-3-5-11(6-4-10)12(13,14)15/h3-7H,1-2H3/b8-7-. The normalized spacial score (nSPS) is 12.7. The molecular formula is C12H11F3O. The summed E-state index contributed by atoms with van der Waals surface area (Å²) in [6.45, 7) is 3.08. The minimum absolute atomic E-state index is 0.127. The Morgan fingerprint density at radius 2 is 1.62 bits per heavy atom. The summed E-state index contributed by atoms with van der Waals surface area (Å²) in [4.78, 5) is 10.8. The Morgan fingerprint density at radius 1 is 1.12 bits per heavy atom. The van der Waals surface area contributed by atoms with Gasteiger partial charge in [0.2, 0.25) is 0 Å². The third-order valence-electron chi connectivity index (χ3n) is 2.09. The van der Waals surface area contributed by atoms with Crippen LogP contribution in [-0.2, 0) is 11.0 Å². The molecule has 0 saturated heterocycles. The molecule has 0 fully saturated rings. The molecule has 0 spiro atoms. The van der Waals surface area contributed by atoms with Crippen molar-refractivity contribution in [1.29, 1.82) is 0 Å². The molecule has 0 unspecified atom stereocenters. The van der Waals surface area contributed by atoms with E-state index in [4.69, 9.17) is 0 Å². The molecule has 0 aliphatic carbocycles. The van der Waals surface area contributed by atoms with Crippen LogP contribution in [-0.4, -0.2) is 5.78 Å². The van der Waals surface area contributed by atoms with Crippen molar-refractivity contribution in [2.75, 3.05) is 0 Å². The Hall–Kier alpha value is -1.58. The SMILES string of the molecule is CC(=O)/C=C(/C)c1ccc(C(F)(F)F)cc1. The molecule has 1 aromatic rings. The molecule has 0 saturated carbocycles. The molecule has 0 amide bonds. The van der Waals surface area contributed by atoms with Crippen LogP contribution in [0.25, 0.3) is 5.57 Å². The molecule has 0 radical (unpaired) electrons. The monoisotopic (exact) mass is 228 g/mol. The smallest absolute Gasteiger partial charge is 0.295 e. The van der Waals surface area contributed by atoms with Crippen LogP contribution in [0, 0.1) is 0 Å². The fourth-order valence-corrected chi connectivity index (χ4v) is 1.31. The maximum Gasteiger partial charge on any atom is 0.416 e. The van der Waals surface area contributed by atoms with E-state index in [1.165, 1.54) is 25.1 Å². The van der Waals surface area contributed by atoms with Crippen molar-refractivity contribution in [2.45, 2.75) is 20.0 Å². The molecule has 1 rings (SSSR count). The highest BCUT2D eigenvalue weighted by Crippen LogP contribution is 2.29. The summed E-state index contributed by atoms with van der Waals surface area (Å²) in [6, 6.07) is 4.73. The summed E-state index contributed by atoms with van der Waals surface area (Å²) >= 11 is 0. The lowest BCUT2D eigenvalue weighted by molar-refractivity contribution is -0.137. The maximum absolute atomic E-state index is 12.3. The van der Waals surface area contributed by atoms with Crippen molar-refractivity contribution in [1.82, 2.24) is 0 Å². The van der Waals surface area contributed by atoms with E-state index in [-0.39, 0.29) is 5.78 Å². The second-order valence-electron chi connectivity index (χ2n) is 3.51. The van der Waals surface area contributed by atoms with Crippen LogP contribution < -0.4 is 0 Å². The van der Waals surface area contributed by atoms with Crippen LogP contribution in [0.5, 0.6) is 0 Å². The van der Waals surface area contributed by atoms with E-state index in [9.17, 15) is 18.0 Å². The molecule has 86 valence electrons. The predicted molar refractivity (Wildman–Crippen MR) is 55.8 cm³/mol. The number of hydrogen-bond donors (Lipinski definition) is 0. The van der Waals surface area contributed by atoms with Gasteiger partial charge in [-0.1, -0.05) is 12.1 Å². The van der Waals surface area contributed by atoms with Crippen LogP contribution in [0.1, 0.15) is 25.0 Å². The van der Waals surface area contributed by atoms with Gasteiger partial charge in [0.05, 0.1) is 5.56 Å². The number of carbonyl (C=O) groups excluding carboxylic acids is 1. The van der Waals surface area contributed by atoms with Gasteiger partial charge in [-0.3, -0.25) is 4.79 Å². The van der Waals surface area contributed by atoms with Gasteiger partial charge in [-0.2, -0.15) is 13.2 Å².